The second kappa shape index (κ2) is 10.1. The summed E-state index contributed by atoms with van der Waals surface area (Å²) in [5.74, 6) is -0.133. The molecule has 1 saturated carbocycles. The lowest BCUT2D eigenvalue weighted by molar-refractivity contribution is -0.117. The summed E-state index contributed by atoms with van der Waals surface area (Å²) in [6, 6.07) is 7.52. The number of nitrogens with zero attached hydrogens (tertiary/aromatic N) is 3. The minimum absolute atomic E-state index is 0.00619. The third-order valence-corrected chi connectivity index (χ3v) is 7.80. The number of rotatable bonds is 9. The number of imidazole rings is 1. The molecule has 12 heteroatoms. The van der Waals surface area contributed by atoms with Crippen molar-refractivity contribution < 1.29 is 18.3 Å². The normalized spacial score (nSPS) is 14.1. The topological polar surface area (TPSA) is 81.1 Å². The van der Waals surface area contributed by atoms with Gasteiger partial charge < -0.3 is 15.4 Å². The number of carbonyl (C=O) groups is 1. The van der Waals surface area contributed by atoms with Crippen molar-refractivity contribution in [1.29, 1.82) is 0 Å². The zero-order valence-corrected chi connectivity index (χ0v) is 21.3. The number of aromatic nitrogens is 3. The van der Waals surface area contributed by atoms with Crippen molar-refractivity contribution in [3.8, 4) is 0 Å². The van der Waals surface area contributed by atoms with Crippen LogP contribution in [0.5, 0.6) is 0 Å². The first-order valence-corrected chi connectivity index (χ1v) is 15.1. The van der Waals surface area contributed by atoms with Gasteiger partial charge in [-0.05, 0) is 58.8 Å². The number of benzene rings is 1. The molecule has 1 aliphatic rings. The Labute approximate surface area is 202 Å². The van der Waals surface area contributed by atoms with E-state index >= 15 is 0 Å². The molecule has 1 unspecified atom stereocenters. The Morgan fingerprint density at radius 1 is 1.34 bits per heavy atom. The minimum Gasteiger partial charge on any atom is -0.380 e. The first-order valence-electron chi connectivity index (χ1n) is 9.77. The van der Waals surface area contributed by atoms with E-state index in [1.54, 1.807) is 24.9 Å². The van der Waals surface area contributed by atoms with Gasteiger partial charge in [0.1, 0.15) is 11.3 Å². The number of nitrogens with one attached hydrogen (secondary N) is 2. The number of thioether (sulfide) groups is 1. The van der Waals surface area contributed by atoms with Gasteiger partial charge in [0.15, 0.2) is 11.5 Å². The summed E-state index contributed by atoms with van der Waals surface area (Å²) in [6.07, 6.45) is 0.913. The number of pyridine rings is 1. The molecule has 2 heterocycles. The molecule has 1 atom stereocenters. The Balaban J connectivity index is 1.80. The third-order valence-electron chi connectivity index (χ3n) is 4.97. The van der Waals surface area contributed by atoms with Gasteiger partial charge in [-0.25, -0.2) is 18.7 Å². The number of hydrogen-bond donors (Lipinski definition) is 2. The van der Waals surface area contributed by atoms with Gasteiger partial charge in [-0.2, -0.15) is 0 Å². The van der Waals surface area contributed by atoms with Crippen molar-refractivity contribution in [3.05, 3.63) is 35.7 Å². The molecular weight excluding hydrogens is 570 g/mol. The van der Waals surface area contributed by atoms with Crippen LogP contribution in [0.15, 0.2) is 29.2 Å². The van der Waals surface area contributed by atoms with Gasteiger partial charge in [-0.15, -0.1) is 11.8 Å². The van der Waals surface area contributed by atoms with Gasteiger partial charge in [-0.1, -0.05) is 6.07 Å². The van der Waals surface area contributed by atoms with Crippen molar-refractivity contribution in [2.24, 2.45) is 5.92 Å². The predicted octanol–water partition coefficient (Wildman–Crippen LogP) is 6.12. The zero-order chi connectivity index (χ0) is 22.8. The number of amides is 1. The molecule has 1 aliphatic carbocycles. The second-order valence-electron chi connectivity index (χ2n) is 7.27. The standard InChI is InChI=1S/C20H21F2IN5O2PS/c1-30-9-10-3-6-12(14(7-10)32-2)24-13-8-15(26-20(29)11-4-5-11)25-18-16(13)27-19(17(21)22)28(18)31-23/h3,6-8,11,17,31H,4-5,9H2,1-2H3,(H2,24,25,26,29). The highest BCUT2D eigenvalue weighted by atomic mass is 127. The third kappa shape index (κ3) is 5.00. The number of halogens is 3. The fraction of sp³-hybridized carbons (Fsp3) is 0.350. The van der Waals surface area contributed by atoms with Crippen LogP contribution < -0.4 is 10.6 Å². The maximum Gasteiger partial charge on any atom is 0.295 e. The number of ether oxygens (including phenoxy) is 1. The maximum absolute atomic E-state index is 13.7. The number of fused-ring (bicyclic) bond motifs is 1. The highest BCUT2D eigenvalue weighted by molar-refractivity contribution is 14.2. The van der Waals surface area contributed by atoms with Gasteiger partial charge in [0, 0.05) is 24.0 Å². The molecular formula is C20H21F2IN5O2PS. The van der Waals surface area contributed by atoms with Crippen LogP contribution in [0.4, 0.5) is 26.0 Å². The van der Waals surface area contributed by atoms with E-state index in [2.05, 4.69) is 20.6 Å². The summed E-state index contributed by atoms with van der Waals surface area (Å²) >= 11 is 3.58. The summed E-state index contributed by atoms with van der Waals surface area (Å²) < 4.78 is 33.9. The van der Waals surface area contributed by atoms with Crippen LogP contribution in [0.1, 0.15) is 30.7 Å². The predicted molar refractivity (Wildman–Crippen MR) is 134 cm³/mol. The lowest BCUT2D eigenvalue weighted by atomic mass is 10.2. The van der Waals surface area contributed by atoms with E-state index in [0.717, 1.165) is 29.0 Å². The van der Waals surface area contributed by atoms with Gasteiger partial charge in [0.2, 0.25) is 5.91 Å². The van der Waals surface area contributed by atoms with Crippen molar-refractivity contribution in [3.63, 3.8) is 0 Å². The molecule has 0 bridgehead atoms. The largest absolute Gasteiger partial charge is 0.380 e. The fourth-order valence-corrected chi connectivity index (χ4v) is 5.77. The number of alkyl halides is 2. The average molecular weight is 591 g/mol. The molecule has 0 radical (unpaired) electrons. The van der Waals surface area contributed by atoms with Crippen molar-refractivity contribution >= 4 is 74.4 Å². The van der Waals surface area contributed by atoms with E-state index in [9.17, 15) is 13.6 Å². The molecule has 2 N–H and O–H groups in total. The van der Waals surface area contributed by atoms with Gasteiger partial charge >= 0.3 is 0 Å². The molecule has 1 aromatic carbocycles. The fourth-order valence-electron chi connectivity index (χ4n) is 3.27. The van der Waals surface area contributed by atoms with Gasteiger partial charge in [-0.3, -0.25) is 9.13 Å². The van der Waals surface area contributed by atoms with Crippen LogP contribution >= 0.6 is 40.2 Å². The van der Waals surface area contributed by atoms with E-state index in [1.807, 2.05) is 46.5 Å². The lowest BCUT2D eigenvalue weighted by Gasteiger charge is -2.14. The van der Waals surface area contributed by atoms with Crippen molar-refractivity contribution in [2.75, 3.05) is 24.0 Å². The SMILES string of the molecule is COCc1ccc(Nc2cc(NC(=O)C3CC3)nc3c2nc(C(F)F)n3PI)c(SC)c1. The molecule has 0 saturated heterocycles. The summed E-state index contributed by atoms with van der Waals surface area (Å²) in [5, 5.41) is 6.15. The number of carbonyl (C=O) groups excluding carboxylic acids is 1. The molecule has 0 spiro atoms. The van der Waals surface area contributed by atoms with Crippen LogP contribution in [0.25, 0.3) is 11.2 Å². The Bertz CT molecular complexity index is 1160. The minimum atomic E-state index is -2.74. The van der Waals surface area contributed by atoms with E-state index in [1.165, 1.54) is 4.34 Å². The van der Waals surface area contributed by atoms with Gasteiger partial charge in [0.25, 0.3) is 6.43 Å². The molecule has 1 fully saturated rings. The molecule has 2 aromatic heterocycles. The van der Waals surface area contributed by atoms with Crippen LogP contribution in [0, 0.1) is 5.92 Å². The molecule has 170 valence electrons. The highest BCUT2D eigenvalue weighted by Crippen LogP contribution is 2.39. The van der Waals surface area contributed by atoms with E-state index < -0.39 is 6.43 Å². The summed E-state index contributed by atoms with van der Waals surface area (Å²) in [5.41, 5.74) is 2.98. The maximum atomic E-state index is 13.7. The Morgan fingerprint density at radius 2 is 2.12 bits per heavy atom. The van der Waals surface area contributed by atoms with Gasteiger partial charge in [0.05, 0.1) is 24.4 Å². The smallest absolute Gasteiger partial charge is 0.295 e. The Kier molecular flexibility index (Phi) is 7.48. The Morgan fingerprint density at radius 3 is 2.75 bits per heavy atom. The number of anilines is 3. The molecule has 0 aliphatic heterocycles. The quantitative estimate of drug-likeness (QED) is 0.177. The monoisotopic (exact) mass is 591 g/mol. The van der Waals surface area contributed by atoms with Crippen molar-refractivity contribution in [1.82, 2.24) is 14.3 Å². The van der Waals surface area contributed by atoms with Crippen LogP contribution in [-0.2, 0) is 16.1 Å². The summed E-state index contributed by atoms with van der Waals surface area (Å²) in [4.78, 5) is 21.9. The van der Waals surface area contributed by atoms with Crippen LogP contribution in [-0.4, -0.2) is 33.6 Å². The number of hydrogen-bond acceptors (Lipinski definition) is 6. The van der Waals surface area contributed by atoms with Crippen LogP contribution in [0.3, 0.4) is 0 Å². The van der Waals surface area contributed by atoms with E-state index in [-0.39, 0.29) is 24.0 Å². The molecule has 3 aromatic rings. The second-order valence-corrected chi connectivity index (χ2v) is 10.2. The first kappa shape index (κ1) is 23.6. The van der Waals surface area contributed by atoms with E-state index in [4.69, 9.17) is 4.74 Å². The van der Waals surface area contributed by atoms with Crippen molar-refractivity contribution in [2.45, 2.75) is 30.8 Å². The van der Waals surface area contributed by atoms with E-state index in [0.29, 0.717) is 29.3 Å². The highest BCUT2D eigenvalue weighted by Gasteiger charge is 2.30. The first-order chi connectivity index (χ1) is 15.4. The molecule has 32 heavy (non-hydrogen) atoms. The van der Waals surface area contributed by atoms with Crippen LogP contribution in [0.2, 0.25) is 0 Å². The average Bonchev–Trinajstić information content (AvgIpc) is 3.55. The summed E-state index contributed by atoms with van der Waals surface area (Å²) in [6.45, 7) is 0.490. The Hall–Kier alpha value is -1.56. The molecule has 1 amide bonds. The lowest BCUT2D eigenvalue weighted by Crippen LogP contribution is -2.14. The zero-order valence-electron chi connectivity index (χ0n) is 17.3. The molecule has 4 rings (SSSR count). The number of methoxy groups -OCH3 is 1. The summed E-state index contributed by atoms with van der Waals surface area (Å²) in [7, 11) is 1.64. The molecule has 7 nitrogen and oxygen atoms in total.